The number of carbonyl (C=O) groups excluding carboxylic acids is 2. The lowest BCUT2D eigenvalue weighted by atomic mass is 9.78. The fourth-order valence-corrected chi connectivity index (χ4v) is 6.97. The summed E-state index contributed by atoms with van der Waals surface area (Å²) in [5.74, 6) is 2.51. The van der Waals surface area contributed by atoms with Crippen LogP contribution in [0.2, 0.25) is 0 Å². The Balaban J connectivity index is 1.25. The summed E-state index contributed by atoms with van der Waals surface area (Å²) < 4.78 is 7.91. The predicted molar refractivity (Wildman–Crippen MR) is 100 cm³/mol. The van der Waals surface area contributed by atoms with Gasteiger partial charge in [-0.1, -0.05) is 19.2 Å². The number of amides is 2. The Hall–Kier alpha value is -0.900. The summed E-state index contributed by atoms with van der Waals surface area (Å²) in [6.07, 6.45) is 10.5. The molecule has 0 N–H and O–H groups in total. The van der Waals surface area contributed by atoms with Crippen molar-refractivity contribution in [2.24, 2.45) is 35.5 Å². The van der Waals surface area contributed by atoms with Gasteiger partial charge < -0.3 is 4.90 Å². The molecular formula is C22H34N2O2. The monoisotopic (exact) mass is 359 g/mol. The summed E-state index contributed by atoms with van der Waals surface area (Å²) in [5, 5.41) is 0. The molecule has 2 aliphatic heterocycles. The maximum absolute atomic E-state index is 13.1. The van der Waals surface area contributed by atoms with Crippen LogP contribution in [0.3, 0.4) is 0 Å². The first kappa shape index (κ1) is 16.1. The maximum atomic E-state index is 13.1. The molecule has 4 heteroatoms. The van der Waals surface area contributed by atoms with Crippen LogP contribution in [0.4, 0.5) is 0 Å². The molecule has 5 fully saturated rings. The van der Waals surface area contributed by atoms with Gasteiger partial charge in [0.05, 0.1) is 11.8 Å². The Morgan fingerprint density at radius 2 is 1.38 bits per heavy atom. The summed E-state index contributed by atoms with van der Waals surface area (Å²) in [6, 6.07) is 0. The first-order valence-corrected chi connectivity index (χ1v) is 11.1. The lowest BCUT2D eigenvalue weighted by Crippen LogP contribution is -2.43. The van der Waals surface area contributed by atoms with E-state index in [0.29, 0.717) is 30.2 Å². The summed E-state index contributed by atoms with van der Waals surface area (Å²) >= 11 is 0. The van der Waals surface area contributed by atoms with E-state index >= 15 is 0 Å². The first-order valence-electron chi connectivity index (χ1n) is 11.7. The van der Waals surface area contributed by atoms with Crippen molar-refractivity contribution in [1.29, 1.82) is 0 Å². The highest BCUT2D eigenvalue weighted by Gasteiger charge is 2.61. The fourth-order valence-electron chi connectivity index (χ4n) is 6.97. The van der Waals surface area contributed by atoms with Gasteiger partial charge >= 0.3 is 0 Å². The molecule has 26 heavy (non-hydrogen) atoms. The molecule has 2 saturated heterocycles. The van der Waals surface area contributed by atoms with E-state index in [-0.39, 0.29) is 30.0 Å². The van der Waals surface area contributed by atoms with Gasteiger partial charge in [-0.25, -0.2) is 0 Å². The second-order valence-corrected chi connectivity index (χ2v) is 9.64. The van der Waals surface area contributed by atoms with E-state index in [0.717, 1.165) is 51.7 Å². The van der Waals surface area contributed by atoms with Gasteiger partial charge in [0.15, 0.2) is 0 Å². The van der Waals surface area contributed by atoms with Crippen LogP contribution in [0.5, 0.6) is 0 Å². The summed E-state index contributed by atoms with van der Waals surface area (Å²) in [4.78, 5) is 30.4. The van der Waals surface area contributed by atoms with E-state index in [1.54, 1.807) is 4.90 Å². The highest BCUT2D eigenvalue weighted by molar-refractivity contribution is 6.06. The van der Waals surface area contributed by atoms with E-state index in [9.17, 15) is 9.59 Å². The van der Waals surface area contributed by atoms with Gasteiger partial charge in [-0.2, -0.15) is 0 Å². The number of imide groups is 1. The number of rotatable bonds is 4. The zero-order chi connectivity index (χ0) is 18.5. The van der Waals surface area contributed by atoms with Crippen LogP contribution in [0.1, 0.15) is 65.6 Å². The molecule has 3 aliphatic carbocycles. The molecule has 5 aliphatic rings. The number of nitrogens with zero attached hydrogens (tertiary/aromatic N) is 2. The van der Waals surface area contributed by atoms with Crippen LogP contribution >= 0.6 is 0 Å². The van der Waals surface area contributed by atoms with Gasteiger partial charge in [0.25, 0.3) is 0 Å². The van der Waals surface area contributed by atoms with Gasteiger partial charge in [-0.05, 0) is 81.7 Å². The topological polar surface area (TPSA) is 40.6 Å². The molecule has 0 aromatic rings. The summed E-state index contributed by atoms with van der Waals surface area (Å²) in [5.41, 5.74) is 0. The Morgan fingerprint density at radius 3 is 2.00 bits per heavy atom. The minimum absolute atomic E-state index is 0.0365. The standard InChI is InChI=1S/C22H34N2O2/c25-21-19-15-8-9-16(12-15)20(19)22(26)24(21)14-18-7-3-2-6-17(18)13-23-10-4-1-5-11-23/h15-20H,1-14H2/i1D. The number of likely N-dealkylation sites (tertiary alicyclic amines) is 2. The lowest BCUT2D eigenvalue weighted by molar-refractivity contribution is -0.142. The number of piperidine rings is 1. The van der Waals surface area contributed by atoms with Crippen molar-refractivity contribution in [2.45, 2.75) is 64.2 Å². The van der Waals surface area contributed by atoms with Gasteiger partial charge in [0, 0.05) is 14.5 Å². The molecule has 0 radical (unpaired) electrons. The number of hydrogen-bond acceptors (Lipinski definition) is 3. The van der Waals surface area contributed by atoms with Crippen LogP contribution in [0.25, 0.3) is 0 Å². The second-order valence-electron chi connectivity index (χ2n) is 9.64. The van der Waals surface area contributed by atoms with Gasteiger partial charge in [0.2, 0.25) is 11.8 Å². The molecular weight excluding hydrogens is 324 g/mol. The quantitative estimate of drug-likeness (QED) is 0.723. The third-order valence-corrected chi connectivity index (χ3v) is 8.29. The van der Waals surface area contributed by atoms with Crippen molar-refractivity contribution in [3.8, 4) is 0 Å². The van der Waals surface area contributed by atoms with Gasteiger partial charge in [-0.15, -0.1) is 0 Å². The third-order valence-electron chi connectivity index (χ3n) is 8.29. The van der Waals surface area contributed by atoms with E-state index in [1.165, 1.54) is 25.7 Å². The summed E-state index contributed by atoms with van der Waals surface area (Å²) in [7, 11) is 0. The third kappa shape index (κ3) is 2.83. The van der Waals surface area contributed by atoms with E-state index in [2.05, 4.69) is 4.90 Å². The molecule has 2 heterocycles. The van der Waals surface area contributed by atoms with Crippen molar-refractivity contribution in [3.63, 3.8) is 0 Å². The van der Waals surface area contributed by atoms with Gasteiger partial charge in [0.1, 0.15) is 0 Å². The van der Waals surface area contributed by atoms with Crippen LogP contribution in [-0.2, 0) is 9.59 Å². The minimum Gasteiger partial charge on any atom is -0.303 e. The normalized spacial score (nSPS) is 44.6. The van der Waals surface area contributed by atoms with Crippen LogP contribution in [0, 0.1) is 35.5 Å². The molecule has 0 aromatic heterocycles. The predicted octanol–water partition coefficient (Wildman–Crippen LogP) is 3.31. The number of fused-ring (bicyclic) bond motifs is 5. The van der Waals surface area contributed by atoms with Crippen molar-refractivity contribution < 1.29 is 11.0 Å². The highest BCUT2D eigenvalue weighted by Crippen LogP contribution is 2.56. The Bertz CT molecular complexity index is 575. The highest BCUT2D eigenvalue weighted by atomic mass is 16.2. The molecule has 5 rings (SSSR count). The molecule has 4 nitrogen and oxygen atoms in total. The lowest BCUT2D eigenvalue weighted by Gasteiger charge is -2.38. The average molecular weight is 360 g/mol. The van der Waals surface area contributed by atoms with Crippen molar-refractivity contribution in [2.75, 3.05) is 26.2 Å². The minimum atomic E-state index is 0.0365. The largest absolute Gasteiger partial charge is 0.303 e. The Kier molecular flexibility index (Phi) is 4.28. The molecule has 144 valence electrons. The van der Waals surface area contributed by atoms with Crippen molar-refractivity contribution in [3.05, 3.63) is 0 Å². The Labute approximate surface area is 159 Å². The fraction of sp³-hybridized carbons (Fsp3) is 0.909. The number of carbonyl (C=O) groups is 2. The zero-order valence-corrected chi connectivity index (χ0v) is 15.9. The molecule has 2 bridgehead atoms. The van der Waals surface area contributed by atoms with Crippen molar-refractivity contribution >= 4 is 11.8 Å². The molecule has 6 atom stereocenters. The van der Waals surface area contributed by atoms with Gasteiger partial charge in [-0.3, -0.25) is 14.5 Å². The molecule has 0 aromatic carbocycles. The van der Waals surface area contributed by atoms with Crippen molar-refractivity contribution in [1.82, 2.24) is 9.80 Å². The smallest absolute Gasteiger partial charge is 0.233 e. The molecule has 2 amide bonds. The number of hydrogen-bond donors (Lipinski definition) is 0. The van der Waals surface area contributed by atoms with E-state index < -0.39 is 0 Å². The van der Waals surface area contributed by atoms with Crippen LogP contribution in [0.15, 0.2) is 0 Å². The van der Waals surface area contributed by atoms with E-state index in [1.807, 2.05) is 0 Å². The zero-order valence-electron chi connectivity index (χ0n) is 16.9. The molecule has 0 spiro atoms. The average Bonchev–Trinajstić information content (AvgIpc) is 3.35. The first-order chi connectivity index (χ1) is 13.1. The molecule has 3 saturated carbocycles. The second kappa shape index (κ2) is 6.92. The van der Waals surface area contributed by atoms with Crippen LogP contribution < -0.4 is 0 Å². The summed E-state index contributed by atoms with van der Waals surface area (Å²) in [6.45, 7) is 3.88. The van der Waals surface area contributed by atoms with Crippen LogP contribution in [-0.4, -0.2) is 47.8 Å². The SMILES string of the molecule is [2H]C1CCN(CC2CCCCC2CN2C(=O)C3C4CCC(C4)C3C2=O)CC1. The molecule has 6 unspecified atom stereocenters. The Morgan fingerprint density at radius 1 is 0.808 bits per heavy atom. The van der Waals surface area contributed by atoms with E-state index in [4.69, 9.17) is 1.37 Å². The maximum Gasteiger partial charge on any atom is 0.233 e.